The van der Waals surface area contributed by atoms with Gasteiger partial charge in [-0.3, -0.25) is 0 Å². The van der Waals surface area contributed by atoms with Crippen LogP contribution in [0.3, 0.4) is 0 Å². The van der Waals surface area contributed by atoms with Crippen molar-refractivity contribution in [2.45, 2.75) is 78.3 Å². The van der Waals surface area contributed by atoms with Crippen LogP contribution in [-0.4, -0.2) is 6.04 Å². The Hall–Kier alpha value is -0.820. The molecule has 0 aliphatic heterocycles. The van der Waals surface area contributed by atoms with E-state index in [0.29, 0.717) is 12.0 Å². The van der Waals surface area contributed by atoms with E-state index in [-0.39, 0.29) is 0 Å². The van der Waals surface area contributed by atoms with E-state index < -0.39 is 0 Å². The lowest BCUT2D eigenvalue weighted by molar-refractivity contribution is 0.446. The van der Waals surface area contributed by atoms with Crippen molar-refractivity contribution < 1.29 is 0 Å². The van der Waals surface area contributed by atoms with E-state index in [1.807, 2.05) is 0 Å². The number of rotatable bonds is 9. The smallest absolute Gasteiger partial charge is 0.0208 e. The summed E-state index contributed by atoms with van der Waals surface area (Å²) < 4.78 is 0. The van der Waals surface area contributed by atoms with E-state index >= 15 is 0 Å². The van der Waals surface area contributed by atoms with Gasteiger partial charge in [-0.25, -0.2) is 0 Å². The van der Waals surface area contributed by atoms with E-state index in [0.717, 1.165) is 6.54 Å². The molecule has 0 bridgehead atoms. The van der Waals surface area contributed by atoms with Crippen LogP contribution in [0.5, 0.6) is 0 Å². The highest BCUT2D eigenvalue weighted by molar-refractivity contribution is 5.24. The highest BCUT2D eigenvalue weighted by atomic mass is 14.9. The molecule has 1 unspecified atom stereocenters. The predicted molar refractivity (Wildman–Crippen MR) is 85.6 cm³/mol. The molecular weight excluding hydrogens is 230 g/mol. The van der Waals surface area contributed by atoms with Gasteiger partial charge in [0.25, 0.3) is 0 Å². The molecule has 1 aromatic rings. The molecule has 108 valence electrons. The fraction of sp³-hybridized carbons (Fsp3) is 0.667. The predicted octanol–water partition coefficient (Wildman–Crippen LogP) is 5.26. The molecule has 1 aromatic carbocycles. The Kier molecular flexibility index (Phi) is 7.81. The van der Waals surface area contributed by atoms with E-state index in [9.17, 15) is 0 Å². The maximum atomic E-state index is 3.69. The number of hydrogen-bond acceptors (Lipinski definition) is 1. The largest absolute Gasteiger partial charge is 0.310 e. The molecule has 0 fully saturated rings. The molecule has 0 radical (unpaired) electrons. The zero-order valence-electron chi connectivity index (χ0n) is 13.2. The molecule has 19 heavy (non-hydrogen) atoms. The van der Waals surface area contributed by atoms with Crippen LogP contribution in [0.25, 0.3) is 0 Å². The molecular formula is C18H31N. The molecule has 1 rings (SSSR count). The number of benzene rings is 1. The Morgan fingerprint density at radius 2 is 1.68 bits per heavy atom. The first-order valence-corrected chi connectivity index (χ1v) is 7.99. The SMILES string of the molecule is CCCCCC(CC)NCc1ccc(C(C)C)cc1. The van der Waals surface area contributed by atoms with Crippen LogP contribution >= 0.6 is 0 Å². The van der Waals surface area contributed by atoms with Crippen LogP contribution in [0.1, 0.15) is 76.8 Å². The van der Waals surface area contributed by atoms with Crippen LogP contribution in [0.4, 0.5) is 0 Å². The van der Waals surface area contributed by atoms with Crippen molar-refractivity contribution in [3.8, 4) is 0 Å². The monoisotopic (exact) mass is 261 g/mol. The minimum atomic E-state index is 0.624. The van der Waals surface area contributed by atoms with E-state index in [1.165, 1.54) is 43.2 Å². The van der Waals surface area contributed by atoms with Gasteiger partial charge in [-0.05, 0) is 29.9 Å². The summed E-state index contributed by atoms with van der Waals surface area (Å²) >= 11 is 0. The Balaban J connectivity index is 2.37. The van der Waals surface area contributed by atoms with Gasteiger partial charge in [0.1, 0.15) is 0 Å². The van der Waals surface area contributed by atoms with Gasteiger partial charge >= 0.3 is 0 Å². The lowest BCUT2D eigenvalue weighted by Crippen LogP contribution is -2.27. The quantitative estimate of drug-likeness (QED) is 0.598. The highest BCUT2D eigenvalue weighted by Gasteiger charge is 2.05. The van der Waals surface area contributed by atoms with Gasteiger partial charge in [-0.1, -0.05) is 71.2 Å². The van der Waals surface area contributed by atoms with E-state index in [2.05, 4.69) is 57.3 Å². The van der Waals surface area contributed by atoms with Gasteiger partial charge in [0.15, 0.2) is 0 Å². The zero-order chi connectivity index (χ0) is 14.1. The van der Waals surface area contributed by atoms with Crippen LogP contribution in [0, 0.1) is 0 Å². The van der Waals surface area contributed by atoms with Crippen molar-refractivity contribution in [2.24, 2.45) is 0 Å². The lowest BCUT2D eigenvalue weighted by atomic mass is 10.0. The average molecular weight is 261 g/mol. The van der Waals surface area contributed by atoms with Crippen molar-refractivity contribution in [1.82, 2.24) is 5.32 Å². The summed E-state index contributed by atoms with van der Waals surface area (Å²) in [5.74, 6) is 0.624. The Morgan fingerprint density at radius 3 is 2.21 bits per heavy atom. The minimum absolute atomic E-state index is 0.624. The Morgan fingerprint density at radius 1 is 1.00 bits per heavy atom. The molecule has 0 saturated carbocycles. The van der Waals surface area contributed by atoms with Crippen molar-refractivity contribution in [2.75, 3.05) is 0 Å². The Bertz CT molecular complexity index is 326. The maximum Gasteiger partial charge on any atom is 0.0208 e. The molecule has 1 nitrogen and oxygen atoms in total. The summed E-state index contributed by atoms with van der Waals surface area (Å²) in [6, 6.07) is 9.73. The third-order valence-electron chi connectivity index (χ3n) is 3.89. The summed E-state index contributed by atoms with van der Waals surface area (Å²) in [7, 11) is 0. The van der Waals surface area contributed by atoms with Crippen molar-refractivity contribution in [3.05, 3.63) is 35.4 Å². The lowest BCUT2D eigenvalue weighted by Gasteiger charge is -2.17. The summed E-state index contributed by atoms with van der Waals surface area (Å²) in [5, 5.41) is 3.69. The molecule has 0 saturated heterocycles. The molecule has 0 aliphatic rings. The van der Waals surface area contributed by atoms with Crippen LogP contribution in [0.2, 0.25) is 0 Å². The van der Waals surface area contributed by atoms with Crippen LogP contribution in [0.15, 0.2) is 24.3 Å². The fourth-order valence-electron chi connectivity index (χ4n) is 2.37. The summed E-state index contributed by atoms with van der Waals surface area (Å²) in [6.45, 7) is 10.0. The highest BCUT2D eigenvalue weighted by Crippen LogP contribution is 2.15. The fourth-order valence-corrected chi connectivity index (χ4v) is 2.37. The third-order valence-corrected chi connectivity index (χ3v) is 3.89. The molecule has 0 spiro atoms. The summed E-state index contributed by atoms with van der Waals surface area (Å²) in [4.78, 5) is 0. The average Bonchev–Trinajstić information content (AvgIpc) is 2.43. The zero-order valence-corrected chi connectivity index (χ0v) is 13.2. The second kappa shape index (κ2) is 9.14. The number of unbranched alkanes of at least 4 members (excludes halogenated alkanes) is 2. The second-order valence-corrected chi connectivity index (χ2v) is 5.88. The molecule has 0 aromatic heterocycles. The van der Waals surface area contributed by atoms with Gasteiger partial charge in [0.05, 0.1) is 0 Å². The summed E-state index contributed by atoms with van der Waals surface area (Å²) in [5.41, 5.74) is 2.83. The van der Waals surface area contributed by atoms with Gasteiger partial charge in [-0.15, -0.1) is 0 Å². The van der Waals surface area contributed by atoms with Crippen molar-refractivity contribution >= 4 is 0 Å². The van der Waals surface area contributed by atoms with Gasteiger partial charge in [-0.2, -0.15) is 0 Å². The molecule has 0 heterocycles. The van der Waals surface area contributed by atoms with Crippen LogP contribution in [-0.2, 0) is 6.54 Å². The van der Waals surface area contributed by atoms with Gasteiger partial charge in [0, 0.05) is 12.6 Å². The van der Waals surface area contributed by atoms with Gasteiger partial charge < -0.3 is 5.32 Å². The maximum absolute atomic E-state index is 3.69. The summed E-state index contributed by atoms with van der Waals surface area (Å²) in [6.07, 6.45) is 6.57. The molecule has 1 N–H and O–H groups in total. The first-order chi connectivity index (χ1) is 9.17. The minimum Gasteiger partial charge on any atom is -0.310 e. The third kappa shape index (κ3) is 6.24. The topological polar surface area (TPSA) is 12.0 Å². The number of hydrogen-bond donors (Lipinski definition) is 1. The molecule has 1 atom stereocenters. The standard InChI is InChI=1S/C18H31N/c1-5-7-8-9-18(6-2)19-14-16-10-12-17(13-11-16)15(3)4/h10-13,15,18-19H,5-9,14H2,1-4H3. The first kappa shape index (κ1) is 16.2. The molecule has 1 heteroatoms. The normalized spacial score (nSPS) is 12.9. The van der Waals surface area contributed by atoms with Crippen molar-refractivity contribution in [1.29, 1.82) is 0 Å². The van der Waals surface area contributed by atoms with Crippen molar-refractivity contribution in [3.63, 3.8) is 0 Å². The number of nitrogens with one attached hydrogen (secondary N) is 1. The van der Waals surface area contributed by atoms with Gasteiger partial charge in [0.2, 0.25) is 0 Å². The Labute approximate surface area is 119 Å². The first-order valence-electron chi connectivity index (χ1n) is 7.99. The molecule has 0 amide bonds. The van der Waals surface area contributed by atoms with Crippen LogP contribution < -0.4 is 5.32 Å². The molecule has 0 aliphatic carbocycles. The second-order valence-electron chi connectivity index (χ2n) is 5.88. The van der Waals surface area contributed by atoms with E-state index in [1.54, 1.807) is 0 Å². The van der Waals surface area contributed by atoms with E-state index in [4.69, 9.17) is 0 Å².